The molecule has 5 aromatic heterocycles. The molecule has 0 saturated heterocycles. The molecule has 0 radical (unpaired) electrons. The Kier molecular flexibility index (Phi) is 12.1. The number of rotatable bonds is 9. The monoisotopic (exact) mass is 1240 g/mol. The van der Waals surface area contributed by atoms with Gasteiger partial charge >= 0.3 is 20.1 Å². The van der Waals surface area contributed by atoms with E-state index in [-0.39, 0.29) is 36.6 Å². The molecule has 13 rings (SSSR count). The van der Waals surface area contributed by atoms with Crippen molar-refractivity contribution in [2.45, 2.75) is 39.9 Å². The molecule has 0 saturated carbocycles. The van der Waals surface area contributed by atoms with E-state index >= 15 is 0 Å². The van der Waals surface area contributed by atoms with Crippen LogP contribution in [0.4, 0.5) is 0 Å². The molecule has 0 amide bonds. The standard InChI is InChI=1S/C74H50N7.Ir/c1-46-23-31-67(78-44-46)50-26-28-61(55(35-50)42-75)64-21-13-11-19-59(64)53-37-52(38-54(39-53)60-20-12-14-22-65(60)62-29-27-51(36-56(62)43-76)68-32-24-47(2)45-79-68)58-18-10-9-17-57(58)49-25-30-66-69(40-49)81-70(41-71(80-81)74(3,4)5)72-63(33-34-77-73(66)72)48-15-7-6-8-16-48;/h6-25,28-29,31-41,44-45H,1-5H3;/q-3;+3/i1D3,2D3;. The molecule has 0 unspecified atom stereocenters. The summed E-state index contributed by atoms with van der Waals surface area (Å²) in [5.41, 5.74) is 18.4. The zero-order valence-electron chi connectivity index (χ0n) is 50.7. The number of aryl methyl sites for hydroxylation is 2. The van der Waals surface area contributed by atoms with Gasteiger partial charge in [0.2, 0.25) is 0 Å². The number of aromatic nitrogens is 5. The van der Waals surface area contributed by atoms with Gasteiger partial charge in [0.25, 0.3) is 0 Å². The average Bonchev–Trinajstić information content (AvgIpc) is 1.45. The third-order valence-corrected chi connectivity index (χ3v) is 14.9. The van der Waals surface area contributed by atoms with E-state index in [0.29, 0.717) is 44.8 Å². The Morgan fingerprint density at radius 1 is 0.463 bits per heavy atom. The number of nitriles is 2. The predicted octanol–water partition coefficient (Wildman–Crippen LogP) is 17.9. The maximum absolute atomic E-state index is 10.8. The molecule has 0 aliphatic rings. The van der Waals surface area contributed by atoms with Gasteiger partial charge in [-0.05, 0) is 139 Å². The van der Waals surface area contributed by atoms with Crippen LogP contribution in [0.1, 0.15) is 56.9 Å². The summed E-state index contributed by atoms with van der Waals surface area (Å²) in [6.07, 6.45) is 4.54. The van der Waals surface area contributed by atoms with Crippen LogP contribution in [0.25, 0.3) is 128 Å². The van der Waals surface area contributed by atoms with Crippen molar-refractivity contribution in [1.29, 1.82) is 10.5 Å². The predicted molar refractivity (Wildman–Crippen MR) is 327 cm³/mol. The molecule has 0 aliphatic heterocycles. The van der Waals surface area contributed by atoms with E-state index in [1.807, 2.05) is 91.1 Å². The fraction of sp³-hybridized carbons (Fsp3) is 0.0811. The Balaban J connectivity index is 0.00000754. The van der Waals surface area contributed by atoms with Gasteiger partial charge in [-0.1, -0.05) is 187 Å². The first-order valence-electron chi connectivity index (χ1n) is 29.5. The largest absolute Gasteiger partial charge is 3.00 e. The summed E-state index contributed by atoms with van der Waals surface area (Å²) in [5.74, 6) is 0. The molecule has 8 aromatic carbocycles. The van der Waals surface area contributed by atoms with E-state index in [1.165, 1.54) is 24.5 Å². The minimum atomic E-state index is -2.31. The number of nitrogens with zero attached hydrogens (tertiary/aromatic N) is 7. The van der Waals surface area contributed by atoms with Crippen molar-refractivity contribution in [2.24, 2.45) is 0 Å². The van der Waals surface area contributed by atoms with Crippen LogP contribution >= 0.6 is 0 Å². The molecule has 82 heavy (non-hydrogen) atoms. The molecule has 0 N–H and O–H groups in total. The van der Waals surface area contributed by atoms with E-state index in [1.54, 1.807) is 36.4 Å². The van der Waals surface area contributed by atoms with Crippen LogP contribution in [0.15, 0.2) is 213 Å². The third-order valence-electron chi connectivity index (χ3n) is 14.9. The number of benzene rings is 8. The van der Waals surface area contributed by atoms with Crippen molar-refractivity contribution in [1.82, 2.24) is 24.6 Å². The van der Waals surface area contributed by atoms with E-state index in [2.05, 4.69) is 126 Å². The molecule has 0 aliphatic carbocycles. The first-order valence-corrected chi connectivity index (χ1v) is 26.5. The van der Waals surface area contributed by atoms with Gasteiger partial charge in [0.1, 0.15) is 0 Å². The molecular weight excluding hydrogens is 1180 g/mol. The van der Waals surface area contributed by atoms with Crippen LogP contribution in [-0.4, -0.2) is 24.6 Å². The fourth-order valence-corrected chi connectivity index (χ4v) is 10.9. The first-order chi connectivity index (χ1) is 41.9. The zero-order valence-corrected chi connectivity index (χ0v) is 47.1. The minimum Gasteiger partial charge on any atom is -0.304 e. The summed E-state index contributed by atoms with van der Waals surface area (Å²) >= 11 is 0. The van der Waals surface area contributed by atoms with Gasteiger partial charge in [-0.3, -0.25) is 4.52 Å². The van der Waals surface area contributed by atoms with Gasteiger partial charge in [0, 0.05) is 32.2 Å². The van der Waals surface area contributed by atoms with E-state index < -0.39 is 13.7 Å². The second-order valence-electron chi connectivity index (χ2n) is 21.0. The van der Waals surface area contributed by atoms with E-state index in [0.717, 1.165) is 99.8 Å². The van der Waals surface area contributed by atoms with Crippen molar-refractivity contribution in [2.75, 3.05) is 0 Å². The van der Waals surface area contributed by atoms with Crippen molar-refractivity contribution >= 4 is 27.3 Å². The van der Waals surface area contributed by atoms with Gasteiger partial charge in [0.05, 0.1) is 23.3 Å². The Hall–Kier alpha value is -9.95. The molecule has 13 aromatic rings. The summed E-state index contributed by atoms with van der Waals surface area (Å²) in [4.78, 5) is 13.9. The van der Waals surface area contributed by atoms with Crippen LogP contribution in [0.2, 0.25) is 0 Å². The number of pyridine rings is 4. The molecular formula is C74H50IrN7. The normalized spacial score (nSPS) is 12.7. The summed E-state index contributed by atoms with van der Waals surface area (Å²) in [6, 6.07) is 78.2. The van der Waals surface area contributed by atoms with Gasteiger partial charge in [0.15, 0.2) is 0 Å². The zero-order chi connectivity index (χ0) is 60.4. The van der Waals surface area contributed by atoms with Crippen LogP contribution in [0.3, 0.4) is 0 Å². The van der Waals surface area contributed by atoms with Crippen molar-refractivity contribution < 1.29 is 28.3 Å². The SMILES string of the molecule is [2H]C([2H])([2H])c1ccc(-c2[c-]cc(-c3ccccc3-c3cc(-c4ccccc4-c4c[c-]c5c6nccc(-c7ccccc7)c6c6cc(C(C)(C)C)nn6c5c4)cc(-c4ccccc4-c4c[c-]c(-c5ccc(C([2H])([2H])[2H])cn5)cc4C#N)c3)c(C#N)c2)nc1.[Ir+3]. The van der Waals surface area contributed by atoms with Crippen LogP contribution in [0.5, 0.6) is 0 Å². The van der Waals surface area contributed by atoms with Crippen molar-refractivity contribution in [3.63, 3.8) is 0 Å². The molecule has 5 heterocycles. The maximum atomic E-state index is 10.8. The molecule has 0 fully saturated rings. The Bertz CT molecular complexity index is 4780. The second-order valence-corrected chi connectivity index (χ2v) is 21.0. The summed E-state index contributed by atoms with van der Waals surface area (Å²) < 4.78 is 49.1. The molecule has 0 atom stereocenters. The van der Waals surface area contributed by atoms with Crippen LogP contribution in [-0.2, 0) is 25.5 Å². The molecule has 390 valence electrons. The number of hydrogen-bond acceptors (Lipinski definition) is 6. The summed E-state index contributed by atoms with van der Waals surface area (Å²) in [7, 11) is 0. The van der Waals surface area contributed by atoms with E-state index in [4.69, 9.17) is 18.3 Å². The number of fused-ring (bicyclic) bond motifs is 6. The minimum absolute atomic E-state index is 0. The average molecular weight is 1240 g/mol. The first kappa shape index (κ1) is 45.9. The fourth-order valence-electron chi connectivity index (χ4n) is 10.9. The van der Waals surface area contributed by atoms with Gasteiger partial charge in [-0.15, -0.1) is 65.7 Å². The van der Waals surface area contributed by atoms with Crippen LogP contribution < -0.4 is 0 Å². The molecule has 8 heteroatoms. The van der Waals surface area contributed by atoms with Gasteiger partial charge in [-0.25, -0.2) is 0 Å². The topological polar surface area (TPSA) is 104 Å². The summed E-state index contributed by atoms with van der Waals surface area (Å²) in [6.45, 7) is 1.89. The second kappa shape index (κ2) is 21.6. The third kappa shape index (κ3) is 9.65. The molecule has 0 bridgehead atoms. The van der Waals surface area contributed by atoms with E-state index in [9.17, 15) is 10.5 Å². The summed E-state index contributed by atoms with van der Waals surface area (Å²) in [5, 5.41) is 28.9. The Labute approximate surface area is 499 Å². The van der Waals surface area contributed by atoms with Gasteiger partial charge < -0.3 is 15.0 Å². The van der Waals surface area contributed by atoms with Crippen molar-refractivity contribution in [3.8, 4) is 113 Å². The Morgan fingerprint density at radius 3 is 1.45 bits per heavy atom. The van der Waals surface area contributed by atoms with Crippen LogP contribution in [0, 0.1) is 54.6 Å². The maximum Gasteiger partial charge on any atom is 3.00 e. The molecule has 0 spiro atoms. The Morgan fingerprint density at radius 2 is 0.963 bits per heavy atom. The number of hydrogen-bond donors (Lipinski definition) is 0. The van der Waals surface area contributed by atoms with Gasteiger partial charge in [-0.2, -0.15) is 15.6 Å². The van der Waals surface area contributed by atoms with Crippen molar-refractivity contribution in [3.05, 3.63) is 259 Å². The quantitative estimate of drug-likeness (QED) is 0.105. The smallest absolute Gasteiger partial charge is 0.304 e. The molecule has 7 nitrogen and oxygen atoms in total.